The van der Waals surface area contributed by atoms with Crippen LogP contribution in [0.5, 0.6) is 0 Å². The van der Waals surface area contributed by atoms with Gasteiger partial charge in [-0.05, 0) is 18.8 Å². The van der Waals surface area contributed by atoms with Gasteiger partial charge in [-0.3, -0.25) is 0 Å². The molecule has 2 rings (SSSR count). The molecule has 1 atom stereocenters. The quantitative estimate of drug-likeness (QED) is 0.873. The number of ether oxygens (including phenoxy) is 1. The summed E-state index contributed by atoms with van der Waals surface area (Å²) in [5.74, 6) is -1.48. The Balaban J connectivity index is 2.28. The summed E-state index contributed by atoms with van der Waals surface area (Å²) in [5, 5.41) is 3.32. The summed E-state index contributed by atoms with van der Waals surface area (Å²) in [4.78, 5) is 3.33. The summed E-state index contributed by atoms with van der Waals surface area (Å²) in [5.41, 5.74) is 4.92. The monoisotopic (exact) mass is 251 g/mol. The molecule has 1 heterocycles. The number of methoxy groups -OCH3 is 1. The Morgan fingerprint density at radius 3 is 2.53 bits per heavy atom. The van der Waals surface area contributed by atoms with Gasteiger partial charge in [0, 0.05) is 7.11 Å². The van der Waals surface area contributed by atoms with Crippen molar-refractivity contribution in [2.45, 2.75) is 24.6 Å². The second-order valence-electron chi connectivity index (χ2n) is 4.17. The fraction of sp³-hybridized carbons (Fsp3) is 0.778. The number of rotatable bonds is 4. The summed E-state index contributed by atoms with van der Waals surface area (Å²) in [6, 6.07) is 0. The van der Waals surface area contributed by atoms with E-state index in [2.05, 4.69) is 14.7 Å². The molecule has 1 aromatic heterocycles. The third kappa shape index (κ3) is 2.27. The highest BCUT2D eigenvalue weighted by Crippen LogP contribution is 2.43. The summed E-state index contributed by atoms with van der Waals surface area (Å²) in [7, 11) is 1.43. The lowest BCUT2D eigenvalue weighted by atomic mass is 9.95. The van der Waals surface area contributed by atoms with Gasteiger partial charge in [0.15, 0.2) is 5.82 Å². The van der Waals surface area contributed by atoms with Gasteiger partial charge in [0.2, 0.25) is 0 Å². The van der Waals surface area contributed by atoms with E-state index in [1.165, 1.54) is 7.11 Å². The fourth-order valence-corrected chi connectivity index (χ4v) is 1.73. The van der Waals surface area contributed by atoms with Crippen LogP contribution < -0.4 is 5.73 Å². The van der Waals surface area contributed by atoms with Gasteiger partial charge in [0.1, 0.15) is 5.54 Å². The molecule has 1 saturated carbocycles. The molecule has 1 fully saturated rings. The topological polar surface area (TPSA) is 74.2 Å². The highest BCUT2D eigenvalue weighted by molar-refractivity contribution is 5.11. The highest BCUT2D eigenvalue weighted by Gasteiger charge is 2.49. The molecule has 1 aliphatic carbocycles. The van der Waals surface area contributed by atoms with Crippen LogP contribution in [0.25, 0.3) is 0 Å². The Bertz CT molecular complexity index is 402. The van der Waals surface area contributed by atoms with Crippen LogP contribution >= 0.6 is 0 Å². The molecule has 1 unspecified atom stereocenters. The van der Waals surface area contributed by atoms with Crippen LogP contribution in [-0.4, -0.2) is 23.9 Å². The molecule has 1 aromatic rings. The molecule has 17 heavy (non-hydrogen) atoms. The number of nitrogens with zero attached hydrogens (tertiary/aromatic N) is 2. The minimum atomic E-state index is -4.65. The second kappa shape index (κ2) is 3.95. The lowest BCUT2D eigenvalue weighted by molar-refractivity contribution is -0.159. The second-order valence-corrected chi connectivity index (χ2v) is 4.17. The third-order valence-corrected chi connectivity index (χ3v) is 2.77. The van der Waals surface area contributed by atoms with E-state index in [1.54, 1.807) is 0 Å². The first-order valence-corrected chi connectivity index (χ1v) is 5.07. The van der Waals surface area contributed by atoms with E-state index in [0.29, 0.717) is 0 Å². The first-order chi connectivity index (χ1) is 7.88. The Kier molecular flexibility index (Phi) is 2.86. The molecule has 0 radical (unpaired) electrons. The average molecular weight is 251 g/mol. The summed E-state index contributed by atoms with van der Waals surface area (Å²) in [6.45, 7) is 0.0640. The molecule has 1 aliphatic rings. The van der Waals surface area contributed by atoms with Crippen molar-refractivity contribution in [3.05, 3.63) is 11.7 Å². The predicted molar refractivity (Wildman–Crippen MR) is 49.8 cm³/mol. The molecular weight excluding hydrogens is 239 g/mol. The molecule has 0 bridgehead atoms. The number of hydrogen-bond acceptors (Lipinski definition) is 5. The molecule has 0 spiro atoms. The average Bonchev–Trinajstić information content (AvgIpc) is 2.94. The van der Waals surface area contributed by atoms with Crippen molar-refractivity contribution < 1.29 is 22.4 Å². The molecule has 0 saturated heterocycles. The van der Waals surface area contributed by atoms with Crippen LogP contribution in [0.2, 0.25) is 0 Å². The highest BCUT2D eigenvalue weighted by atomic mass is 19.4. The van der Waals surface area contributed by atoms with Gasteiger partial charge in [-0.25, -0.2) is 0 Å². The number of aromatic nitrogens is 2. The van der Waals surface area contributed by atoms with Crippen LogP contribution in [0, 0.1) is 5.92 Å². The summed E-state index contributed by atoms with van der Waals surface area (Å²) >= 11 is 0. The van der Waals surface area contributed by atoms with E-state index in [0.717, 1.165) is 12.8 Å². The van der Waals surface area contributed by atoms with Crippen LogP contribution in [-0.2, 0) is 16.5 Å². The minimum Gasteiger partial charge on any atom is -0.382 e. The van der Waals surface area contributed by atoms with Gasteiger partial charge >= 0.3 is 12.1 Å². The van der Waals surface area contributed by atoms with Crippen molar-refractivity contribution in [1.29, 1.82) is 0 Å². The SMILES string of the molecule is COCC(N)(c1noc(C(F)(F)F)n1)C1CC1. The van der Waals surface area contributed by atoms with Crippen molar-refractivity contribution in [3.63, 3.8) is 0 Å². The van der Waals surface area contributed by atoms with Crippen LogP contribution in [0.3, 0.4) is 0 Å². The zero-order valence-corrected chi connectivity index (χ0v) is 9.12. The largest absolute Gasteiger partial charge is 0.471 e. The molecule has 2 N–H and O–H groups in total. The Morgan fingerprint density at radius 1 is 1.47 bits per heavy atom. The maximum atomic E-state index is 12.3. The molecule has 0 amide bonds. The lowest BCUT2D eigenvalue weighted by Crippen LogP contribution is -2.44. The van der Waals surface area contributed by atoms with Gasteiger partial charge in [0.05, 0.1) is 6.61 Å². The van der Waals surface area contributed by atoms with E-state index in [4.69, 9.17) is 10.5 Å². The Morgan fingerprint density at radius 2 is 2.12 bits per heavy atom. The Labute approximate surface area is 95.1 Å². The number of nitrogens with two attached hydrogens (primary N) is 1. The summed E-state index contributed by atoms with van der Waals surface area (Å²) < 4.78 is 46.1. The maximum Gasteiger partial charge on any atom is 0.471 e. The molecule has 8 heteroatoms. The van der Waals surface area contributed by atoms with Crippen molar-refractivity contribution in [2.75, 3.05) is 13.7 Å². The molecule has 0 aromatic carbocycles. The predicted octanol–water partition coefficient (Wildman–Crippen LogP) is 1.30. The van der Waals surface area contributed by atoms with Crippen molar-refractivity contribution >= 4 is 0 Å². The zero-order valence-electron chi connectivity index (χ0n) is 9.12. The molecule has 0 aliphatic heterocycles. The molecule has 96 valence electrons. The van der Waals surface area contributed by atoms with Crippen LogP contribution in [0.1, 0.15) is 24.6 Å². The smallest absolute Gasteiger partial charge is 0.382 e. The van der Waals surface area contributed by atoms with E-state index in [9.17, 15) is 13.2 Å². The van der Waals surface area contributed by atoms with Crippen LogP contribution in [0.4, 0.5) is 13.2 Å². The Hall–Kier alpha value is -1.15. The van der Waals surface area contributed by atoms with Crippen molar-refractivity contribution in [2.24, 2.45) is 11.7 Å². The van der Waals surface area contributed by atoms with Gasteiger partial charge in [0.25, 0.3) is 0 Å². The normalized spacial score (nSPS) is 20.3. The van der Waals surface area contributed by atoms with E-state index in [-0.39, 0.29) is 18.3 Å². The van der Waals surface area contributed by atoms with E-state index < -0.39 is 17.6 Å². The minimum absolute atomic E-state index is 0.0427. The fourth-order valence-electron chi connectivity index (χ4n) is 1.73. The number of hydrogen-bond donors (Lipinski definition) is 1. The standard InChI is InChI=1S/C9H12F3N3O2/c1-16-4-8(13,5-2-3-5)6-14-7(17-15-6)9(10,11)12/h5H,2-4,13H2,1H3. The van der Waals surface area contributed by atoms with Gasteiger partial charge in [-0.15, -0.1) is 0 Å². The third-order valence-electron chi connectivity index (χ3n) is 2.77. The molecule has 5 nitrogen and oxygen atoms in total. The van der Waals surface area contributed by atoms with Gasteiger partial charge in [-0.2, -0.15) is 18.2 Å². The van der Waals surface area contributed by atoms with Gasteiger partial charge < -0.3 is 15.0 Å². The van der Waals surface area contributed by atoms with Gasteiger partial charge in [-0.1, -0.05) is 5.16 Å². The maximum absolute atomic E-state index is 12.3. The first-order valence-electron chi connectivity index (χ1n) is 5.07. The van der Waals surface area contributed by atoms with Crippen molar-refractivity contribution in [3.8, 4) is 0 Å². The number of halogens is 3. The lowest BCUT2D eigenvalue weighted by Gasteiger charge is -2.24. The molecular formula is C9H12F3N3O2. The van der Waals surface area contributed by atoms with Crippen LogP contribution in [0.15, 0.2) is 4.52 Å². The van der Waals surface area contributed by atoms with E-state index >= 15 is 0 Å². The number of alkyl halides is 3. The zero-order chi connectivity index (χ0) is 12.7. The first kappa shape index (κ1) is 12.3. The van der Waals surface area contributed by atoms with E-state index in [1.807, 2.05) is 0 Å². The summed E-state index contributed by atoms with van der Waals surface area (Å²) in [6.07, 6.45) is -2.99. The van der Waals surface area contributed by atoms with Crippen molar-refractivity contribution in [1.82, 2.24) is 10.1 Å².